The van der Waals surface area contributed by atoms with Gasteiger partial charge in [0.2, 0.25) is 0 Å². The highest BCUT2D eigenvalue weighted by molar-refractivity contribution is 14.1. The minimum absolute atomic E-state index is 0.330. The van der Waals surface area contributed by atoms with Crippen LogP contribution in [0.1, 0.15) is 31.1 Å². The maximum atomic E-state index is 12.1. The second kappa shape index (κ2) is 7.89. The van der Waals surface area contributed by atoms with Gasteiger partial charge in [-0.1, -0.05) is 0 Å². The summed E-state index contributed by atoms with van der Waals surface area (Å²) in [7, 11) is 4.52. The summed E-state index contributed by atoms with van der Waals surface area (Å²) in [4.78, 5) is 36.3. The Kier molecular flexibility index (Phi) is 7.09. The topological polar surface area (TPSA) is 87.3 Å². The summed E-state index contributed by atoms with van der Waals surface area (Å²) in [6.45, 7) is 0. The fraction of sp³-hybridized carbons (Fsp3) is 0.250. The first-order valence-corrected chi connectivity index (χ1v) is 8.92. The molecule has 0 unspecified atom stereocenters. The molecule has 0 bridgehead atoms. The van der Waals surface area contributed by atoms with E-state index in [1.807, 2.05) is 67.8 Å². The quantitative estimate of drug-likeness (QED) is 0.446. The molecule has 1 aromatic carbocycles. The first-order valence-electron chi connectivity index (χ1n) is 5.68. The molecule has 0 atom stereocenters. The Balaban J connectivity index is 3.87. The average Bonchev–Trinajstić information content (AvgIpc) is 2.46. The van der Waals surface area contributed by atoms with E-state index in [0.717, 1.165) is 0 Å². The van der Waals surface area contributed by atoms with Crippen LogP contribution in [0, 0.1) is 10.7 Å². The predicted molar refractivity (Wildman–Crippen MR) is 105 cm³/mol. The van der Waals surface area contributed by atoms with Crippen molar-refractivity contribution in [2.45, 2.75) is 0 Å². The van der Waals surface area contributed by atoms with Crippen LogP contribution in [0.3, 0.4) is 0 Å². The third-order valence-corrected chi connectivity index (χ3v) is 5.92. The third kappa shape index (κ3) is 3.60. The lowest BCUT2D eigenvalue weighted by Crippen LogP contribution is -2.30. The number of amides is 3. The number of benzene rings is 1. The van der Waals surface area contributed by atoms with Gasteiger partial charge in [0.25, 0.3) is 17.7 Å². The van der Waals surface area contributed by atoms with Gasteiger partial charge in [-0.05, 0) is 67.8 Å². The molecule has 0 aromatic heterocycles. The normalized spacial score (nSPS) is 10.0. The molecule has 9 heteroatoms. The van der Waals surface area contributed by atoms with Gasteiger partial charge in [-0.3, -0.25) is 14.4 Å². The molecule has 0 spiro atoms. The van der Waals surface area contributed by atoms with E-state index < -0.39 is 0 Å². The van der Waals surface area contributed by atoms with Crippen LogP contribution in [0.2, 0.25) is 0 Å². The summed E-state index contributed by atoms with van der Waals surface area (Å²) >= 11 is 5.88. The lowest BCUT2D eigenvalue weighted by molar-refractivity contribution is 0.0960. The molecule has 1 aromatic rings. The highest BCUT2D eigenvalue weighted by Gasteiger charge is 2.29. The summed E-state index contributed by atoms with van der Waals surface area (Å²) in [6.07, 6.45) is 0. The molecule has 0 radical (unpaired) electrons. The predicted octanol–water partition coefficient (Wildman–Crippen LogP) is 1.58. The summed E-state index contributed by atoms with van der Waals surface area (Å²) in [5.41, 5.74) is 0.990. The maximum Gasteiger partial charge on any atom is 0.253 e. The third-order valence-electron chi connectivity index (χ3n) is 2.68. The van der Waals surface area contributed by atoms with Crippen LogP contribution in [-0.4, -0.2) is 38.9 Å². The van der Waals surface area contributed by atoms with Crippen LogP contribution in [0.5, 0.6) is 0 Å². The molecule has 114 valence electrons. The lowest BCUT2D eigenvalue weighted by atomic mass is 10.0. The number of hydrogen-bond acceptors (Lipinski definition) is 3. The summed E-state index contributed by atoms with van der Waals surface area (Å²) in [5.74, 6) is -1.01. The molecule has 0 heterocycles. The van der Waals surface area contributed by atoms with E-state index in [4.69, 9.17) is 0 Å². The smallest absolute Gasteiger partial charge is 0.253 e. The van der Waals surface area contributed by atoms with Crippen molar-refractivity contribution in [3.63, 3.8) is 0 Å². The van der Waals surface area contributed by atoms with Crippen LogP contribution < -0.4 is 16.0 Å². The van der Waals surface area contributed by atoms with E-state index in [2.05, 4.69) is 16.0 Å². The van der Waals surface area contributed by atoms with Crippen LogP contribution in [0.25, 0.3) is 0 Å². The highest BCUT2D eigenvalue weighted by Crippen LogP contribution is 2.32. The molecule has 6 nitrogen and oxygen atoms in total. The molecule has 21 heavy (non-hydrogen) atoms. The van der Waals surface area contributed by atoms with Crippen molar-refractivity contribution in [2.24, 2.45) is 0 Å². The van der Waals surface area contributed by atoms with E-state index in [1.165, 1.54) is 21.1 Å². The van der Waals surface area contributed by atoms with Gasteiger partial charge >= 0.3 is 0 Å². The fourth-order valence-electron chi connectivity index (χ4n) is 1.64. The van der Waals surface area contributed by atoms with Crippen molar-refractivity contribution >= 4 is 85.5 Å². The number of hydrogen-bond donors (Lipinski definition) is 3. The molecule has 0 aliphatic rings. The number of nitrogens with one attached hydrogen (secondary N) is 3. The van der Waals surface area contributed by atoms with Gasteiger partial charge < -0.3 is 16.0 Å². The standard InChI is InChI=1S/C12H12I3N3O3/c1-16-10(19)4-7(13)5(11(20)17-2)9(15)6(8(4)14)12(21)18-3/h1-3H3,(H,16,19)(H,17,20)(H,18,21). The molecule has 0 saturated carbocycles. The zero-order valence-electron chi connectivity index (χ0n) is 11.4. The Morgan fingerprint density at radius 1 is 0.619 bits per heavy atom. The average molecular weight is 627 g/mol. The van der Waals surface area contributed by atoms with Gasteiger partial charge in [0.1, 0.15) is 0 Å². The second-order valence-corrected chi connectivity index (χ2v) is 7.04. The molecule has 3 N–H and O–H groups in total. The van der Waals surface area contributed by atoms with Crippen molar-refractivity contribution in [1.82, 2.24) is 16.0 Å². The number of carbonyl (C=O) groups excluding carboxylic acids is 3. The maximum absolute atomic E-state index is 12.1. The SMILES string of the molecule is CNC(=O)c1c(I)c(C(=O)NC)c(I)c(C(=O)NC)c1I. The van der Waals surface area contributed by atoms with Gasteiger partial charge in [0, 0.05) is 31.9 Å². The van der Waals surface area contributed by atoms with Crippen LogP contribution in [0.15, 0.2) is 0 Å². The Labute approximate surface area is 163 Å². The van der Waals surface area contributed by atoms with Gasteiger partial charge in [-0.25, -0.2) is 0 Å². The van der Waals surface area contributed by atoms with Crippen molar-refractivity contribution in [3.05, 3.63) is 27.4 Å². The van der Waals surface area contributed by atoms with E-state index in [-0.39, 0.29) is 17.7 Å². The number of carbonyl (C=O) groups is 3. The molecule has 0 saturated heterocycles. The zero-order chi connectivity index (χ0) is 16.3. The Morgan fingerprint density at radius 2 is 0.810 bits per heavy atom. The van der Waals surface area contributed by atoms with Crippen LogP contribution in [-0.2, 0) is 0 Å². The monoisotopic (exact) mass is 627 g/mol. The summed E-state index contributed by atoms with van der Waals surface area (Å²) < 4.78 is 1.56. The van der Waals surface area contributed by atoms with Crippen LogP contribution in [0.4, 0.5) is 0 Å². The van der Waals surface area contributed by atoms with Crippen molar-refractivity contribution in [1.29, 1.82) is 0 Å². The Bertz CT molecular complexity index is 525. The van der Waals surface area contributed by atoms with Gasteiger partial charge in [0.05, 0.1) is 16.7 Å². The summed E-state index contributed by atoms with van der Waals surface area (Å²) in [5, 5.41) is 7.61. The van der Waals surface area contributed by atoms with Gasteiger partial charge in [-0.15, -0.1) is 0 Å². The minimum atomic E-state index is -0.337. The highest BCUT2D eigenvalue weighted by atomic mass is 127. The minimum Gasteiger partial charge on any atom is -0.355 e. The number of rotatable bonds is 3. The van der Waals surface area contributed by atoms with Crippen molar-refractivity contribution in [3.8, 4) is 0 Å². The van der Waals surface area contributed by atoms with E-state index in [9.17, 15) is 14.4 Å². The fourth-order valence-corrected chi connectivity index (χ4v) is 6.27. The Morgan fingerprint density at radius 3 is 0.952 bits per heavy atom. The van der Waals surface area contributed by atoms with E-state index in [0.29, 0.717) is 27.4 Å². The first-order chi connectivity index (χ1) is 9.81. The van der Waals surface area contributed by atoms with Crippen molar-refractivity contribution < 1.29 is 14.4 Å². The first kappa shape index (κ1) is 18.9. The van der Waals surface area contributed by atoms with Gasteiger partial charge in [-0.2, -0.15) is 0 Å². The molecule has 0 fully saturated rings. The van der Waals surface area contributed by atoms with Crippen LogP contribution >= 0.6 is 67.8 Å². The van der Waals surface area contributed by atoms with E-state index in [1.54, 1.807) is 0 Å². The zero-order valence-corrected chi connectivity index (χ0v) is 17.8. The summed E-state index contributed by atoms with van der Waals surface area (Å²) in [6, 6.07) is 0. The molecule has 0 aliphatic heterocycles. The molecular weight excluding hydrogens is 615 g/mol. The molecule has 3 amide bonds. The second-order valence-electron chi connectivity index (χ2n) is 3.80. The largest absolute Gasteiger partial charge is 0.355 e. The molecule has 1 rings (SSSR count). The number of halogens is 3. The Hall–Kier alpha value is -0.180. The lowest BCUT2D eigenvalue weighted by Gasteiger charge is -2.17. The van der Waals surface area contributed by atoms with E-state index >= 15 is 0 Å². The molecule has 0 aliphatic carbocycles. The molecular formula is C12H12I3N3O3. The van der Waals surface area contributed by atoms with Gasteiger partial charge in [0.15, 0.2) is 0 Å². The van der Waals surface area contributed by atoms with Crippen molar-refractivity contribution in [2.75, 3.05) is 21.1 Å².